The Morgan fingerprint density at radius 3 is 2.93 bits per heavy atom. The minimum Gasteiger partial charge on any atom is -0.330 e. The first kappa shape index (κ1) is 11.6. The molecule has 0 aliphatic carbocycles. The molecule has 3 N–H and O–H groups in total. The van der Waals surface area contributed by atoms with Crippen LogP contribution in [0, 0.1) is 5.41 Å². The maximum Gasteiger partial charge on any atom is 0.0937 e. The highest BCUT2D eigenvalue weighted by atomic mass is 32.1. The van der Waals surface area contributed by atoms with Crippen molar-refractivity contribution in [3.8, 4) is 0 Å². The third kappa shape index (κ3) is 4.17. The predicted octanol–water partition coefficient (Wildman–Crippen LogP) is 1.26. The van der Waals surface area contributed by atoms with Gasteiger partial charge in [0.15, 0.2) is 0 Å². The van der Waals surface area contributed by atoms with Gasteiger partial charge < -0.3 is 11.1 Å². The van der Waals surface area contributed by atoms with Crippen molar-refractivity contribution >= 4 is 11.3 Å². The van der Waals surface area contributed by atoms with Gasteiger partial charge >= 0.3 is 0 Å². The van der Waals surface area contributed by atoms with Gasteiger partial charge in [-0.05, 0) is 12.0 Å². The number of nitrogens with zero attached hydrogens (tertiary/aromatic N) is 1. The standard InChI is InChI=1S/C10H19N3S/c1-10(2,7-11)8-12-4-3-9-13-5-6-14-9/h5-6,12H,3-4,7-8,11H2,1-2H3. The molecule has 0 amide bonds. The lowest BCUT2D eigenvalue weighted by Crippen LogP contribution is -2.36. The van der Waals surface area contributed by atoms with Gasteiger partial charge in [-0.3, -0.25) is 0 Å². The number of hydrogen-bond acceptors (Lipinski definition) is 4. The second kappa shape index (κ2) is 5.44. The van der Waals surface area contributed by atoms with E-state index in [0.717, 1.165) is 26.1 Å². The van der Waals surface area contributed by atoms with E-state index in [1.165, 1.54) is 5.01 Å². The second-order valence-electron chi connectivity index (χ2n) is 4.22. The van der Waals surface area contributed by atoms with Gasteiger partial charge in [-0.1, -0.05) is 13.8 Å². The first-order chi connectivity index (χ1) is 6.64. The van der Waals surface area contributed by atoms with Crippen LogP contribution in [0.5, 0.6) is 0 Å². The van der Waals surface area contributed by atoms with E-state index in [9.17, 15) is 0 Å². The van der Waals surface area contributed by atoms with Crippen LogP contribution in [-0.2, 0) is 6.42 Å². The number of nitrogens with two attached hydrogens (primary N) is 1. The zero-order chi connectivity index (χ0) is 10.4. The summed E-state index contributed by atoms with van der Waals surface area (Å²) in [5.74, 6) is 0. The first-order valence-electron chi connectivity index (χ1n) is 4.93. The summed E-state index contributed by atoms with van der Waals surface area (Å²) < 4.78 is 0. The van der Waals surface area contributed by atoms with E-state index < -0.39 is 0 Å². The van der Waals surface area contributed by atoms with Gasteiger partial charge in [0.25, 0.3) is 0 Å². The SMILES string of the molecule is CC(C)(CN)CNCCc1nccs1. The van der Waals surface area contributed by atoms with Gasteiger partial charge in [0, 0.05) is 31.1 Å². The molecule has 0 aromatic carbocycles. The number of rotatable bonds is 6. The van der Waals surface area contributed by atoms with Crippen LogP contribution < -0.4 is 11.1 Å². The Morgan fingerprint density at radius 2 is 2.36 bits per heavy atom. The van der Waals surface area contributed by atoms with Crippen molar-refractivity contribution in [1.29, 1.82) is 0 Å². The molecule has 0 aliphatic heterocycles. The van der Waals surface area contributed by atoms with Crippen LogP contribution in [0.15, 0.2) is 11.6 Å². The van der Waals surface area contributed by atoms with Gasteiger partial charge in [-0.25, -0.2) is 4.98 Å². The molecule has 0 saturated heterocycles. The molecule has 0 aliphatic rings. The molecule has 0 atom stereocenters. The van der Waals surface area contributed by atoms with Crippen molar-refractivity contribution in [2.45, 2.75) is 20.3 Å². The van der Waals surface area contributed by atoms with Crippen LogP contribution in [0.4, 0.5) is 0 Å². The van der Waals surface area contributed by atoms with E-state index in [-0.39, 0.29) is 5.41 Å². The smallest absolute Gasteiger partial charge is 0.0937 e. The average molecular weight is 213 g/mol. The Hall–Kier alpha value is -0.450. The third-order valence-electron chi connectivity index (χ3n) is 2.16. The normalized spacial score (nSPS) is 11.9. The molecule has 0 fully saturated rings. The highest BCUT2D eigenvalue weighted by molar-refractivity contribution is 7.09. The lowest BCUT2D eigenvalue weighted by Gasteiger charge is -2.22. The van der Waals surface area contributed by atoms with E-state index in [1.807, 2.05) is 11.6 Å². The molecule has 0 bridgehead atoms. The monoisotopic (exact) mass is 213 g/mol. The fraction of sp³-hybridized carbons (Fsp3) is 0.700. The molecule has 14 heavy (non-hydrogen) atoms. The maximum absolute atomic E-state index is 5.63. The molecule has 0 saturated carbocycles. The molecule has 1 aromatic heterocycles. The number of thiazole rings is 1. The summed E-state index contributed by atoms with van der Waals surface area (Å²) in [7, 11) is 0. The summed E-state index contributed by atoms with van der Waals surface area (Å²) in [6, 6.07) is 0. The summed E-state index contributed by atoms with van der Waals surface area (Å²) in [5.41, 5.74) is 5.83. The molecule has 80 valence electrons. The van der Waals surface area contributed by atoms with E-state index in [0.29, 0.717) is 0 Å². The van der Waals surface area contributed by atoms with E-state index in [2.05, 4.69) is 24.1 Å². The van der Waals surface area contributed by atoms with Crippen molar-refractivity contribution in [3.05, 3.63) is 16.6 Å². The second-order valence-corrected chi connectivity index (χ2v) is 5.20. The highest BCUT2D eigenvalue weighted by Gasteiger charge is 2.14. The quantitative estimate of drug-likeness (QED) is 0.700. The topological polar surface area (TPSA) is 50.9 Å². The Kier molecular flexibility index (Phi) is 4.51. The summed E-state index contributed by atoms with van der Waals surface area (Å²) in [6.07, 6.45) is 2.86. The first-order valence-corrected chi connectivity index (χ1v) is 5.81. The van der Waals surface area contributed by atoms with Crippen molar-refractivity contribution < 1.29 is 0 Å². The minimum atomic E-state index is 0.197. The molecule has 1 aromatic rings. The molecule has 0 radical (unpaired) electrons. The zero-order valence-corrected chi connectivity index (χ0v) is 9.73. The molecule has 3 nitrogen and oxygen atoms in total. The number of hydrogen-bond donors (Lipinski definition) is 2. The summed E-state index contributed by atoms with van der Waals surface area (Å²) >= 11 is 1.71. The lowest BCUT2D eigenvalue weighted by molar-refractivity contribution is 0.353. The fourth-order valence-electron chi connectivity index (χ4n) is 1.07. The lowest BCUT2D eigenvalue weighted by atomic mass is 9.94. The zero-order valence-electron chi connectivity index (χ0n) is 8.92. The van der Waals surface area contributed by atoms with Crippen LogP contribution in [0.2, 0.25) is 0 Å². The molecular formula is C10H19N3S. The van der Waals surface area contributed by atoms with E-state index in [1.54, 1.807) is 11.3 Å². The molecule has 4 heteroatoms. The van der Waals surface area contributed by atoms with Crippen molar-refractivity contribution in [1.82, 2.24) is 10.3 Å². The summed E-state index contributed by atoms with van der Waals surface area (Å²) in [4.78, 5) is 4.22. The largest absolute Gasteiger partial charge is 0.330 e. The van der Waals surface area contributed by atoms with Gasteiger partial charge in [-0.2, -0.15) is 0 Å². The average Bonchev–Trinajstić information content (AvgIpc) is 2.65. The minimum absolute atomic E-state index is 0.197. The third-order valence-corrected chi connectivity index (χ3v) is 2.99. The van der Waals surface area contributed by atoms with Crippen molar-refractivity contribution in [2.24, 2.45) is 11.1 Å². The Morgan fingerprint density at radius 1 is 1.57 bits per heavy atom. The molecule has 0 unspecified atom stereocenters. The van der Waals surface area contributed by atoms with Gasteiger partial charge in [-0.15, -0.1) is 11.3 Å². The van der Waals surface area contributed by atoms with E-state index in [4.69, 9.17) is 5.73 Å². The van der Waals surface area contributed by atoms with Gasteiger partial charge in [0.1, 0.15) is 0 Å². The highest BCUT2D eigenvalue weighted by Crippen LogP contribution is 2.10. The van der Waals surface area contributed by atoms with E-state index >= 15 is 0 Å². The van der Waals surface area contributed by atoms with Crippen LogP contribution in [-0.4, -0.2) is 24.6 Å². The van der Waals surface area contributed by atoms with Crippen molar-refractivity contribution in [3.63, 3.8) is 0 Å². The molecular weight excluding hydrogens is 194 g/mol. The fourth-order valence-corrected chi connectivity index (χ4v) is 1.69. The Bertz CT molecular complexity index is 244. The summed E-state index contributed by atoms with van der Waals surface area (Å²) in [6.45, 7) is 7.01. The molecule has 1 rings (SSSR count). The van der Waals surface area contributed by atoms with Crippen LogP contribution in [0.25, 0.3) is 0 Å². The number of aromatic nitrogens is 1. The maximum atomic E-state index is 5.63. The van der Waals surface area contributed by atoms with Crippen LogP contribution in [0.3, 0.4) is 0 Å². The van der Waals surface area contributed by atoms with Crippen molar-refractivity contribution in [2.75, 3.05) is 19.6 Å². The molecule has 1 heterocycles. The van der Waals surface area contributed by atoms with Crippen LogP contribution in [0.1, 0.15) is 18.9 Å². The van der Waals surface area contributed by atoms with Gasteiger partial charge in [0.2, 0.25) is 0 Å². The molecule has 0 spiro atoms. The number of nitrogens with one attached hydrogen (secondary N) is 1. The predicted molar refractivity (Wildman–Crippen MR) is 61.5 cm³/mol. The van der Waals surface area contributed by atoms with Crippen LogP contribution >= 0.6 is 11.3 Å². The Balaban J connectivity index is 2.11. The Labute approximate surface area is 89.7 Å². The summed E-state index contributed by atoms with van der Waals surface area (Å²) in [5, 5.41) is 6.61. The van der Waals surface area contributed by atoms with Gasteiger partial charge in [0.05, 0.1) is 5.01 Å².